The smallest absolute Gasteiger partial charge is 0.257 e. The second-order valence-electron chi connectivity index (χ2n) is 5.77. The molecule has 1 aliphatic carbocycles. The number of aliphatic hydroxyl groups is 1. The molecule has 0 bridgehead atoms. The van der Waals surface area contributed by atoms with Gasteiger partial charge in [0, 0.05) is 6.04 Å². The topological polar surface area (TPSA) is 60.8 Å². The molecule has 23 heavy (non-hydrogen) atoms. The molecule has 1 unspecified atom stereocenters. The summed E-state index contributed by atoms with van der Waals surface area (Å²) in [7, 11) is 0. The van der Waals surface area contributed by atoms with Crippen molar-refractivity contribution < 1.29 is 19.4 Å². The standard InChI is InChI=1S/C18H18FNO3/c19-13-7-5-12(6-8-13)17(22)11-20(14-9-10-14)18(23)15-3-1-2-4-16(15)21/h1-8,14,17,21-22H,9-11H2. The van der Waals surface area contributed by atoms with E-state index in [0.29, 0.717) is 5.56 Å². The third-order valence-electron chi connectivity index (χ3n) is 4.01. The van der Waals surface area contributed by atoms with E-state index in [1.807, 2.05) is 0 Å². The van der Waals surface area contributed by atoms with Gasteiger partial charge in [0.2, 0.25) is 0 Å². The van der Waals surface area contributed by atoms with Gasteiger partial charge < -0.3 is 15.1 Å². The van der Waals surface area contributed by atoms with Gasteiger partial charge in [-0.25, -0.2) is 4.39 Å². The van der Waals surface area contributed by atoms with E-state index in [2.05, 4.69) is 0 Å². The molecule has 3 rings (SSSR count). The molecule has 0 aliphatic heterocycles. The molecule has 1 amide bonds. The van der Waals surface area contributed by atoms with Gasteiger partial charge in [-0.2, -0.15) is 0 Å². The average Bonchev–Trinajstić information content (AvgIpc) is 3.37. The number of para-hydroxylation sites is 1. The van der Waals surface area contributed by atoms with E-state index in [9.17, 15) is 19.4 Å². The van der Waals surface area contributed by atoms with Crippen molar-refractivity contribution in [2.45, 2.75) is 25.0 Å². The number of halogens is 1. The predicted molar refractivity (Wildman–Crippen MR) is 83.5 cm³/mol. The van der Waals surface area contributed by atoms with Crippen LogP contribution in [0.25, 0.3) is 0 Å². The number of hydrogen-bond acceptors (Lipinski definition) is 3. The van der Waals surface area contributed by atoms with E-state index in [0.717, 1.165) is 12.8 Å². The third-order valence-corrected chi connectivity index (χ3v) is 4.01. The van der Waals surface area contributed by atoms with E-state index < -0.39 is 6.10 Å². The summed E-state index contributed by atoms with van der Waals surface area (Å²) in [5.41, 5.74) is 0.785. The Morgan fingerprint density at radius 1 is 1.17 bits per heavy atom. The summed E-state index contributed by atoms with van der Waals surface area (Å²) < 4.78 is 13.0. The quantitative estimate of drug-likeness (QED) is 0.892. The first-order chi connectivity index (χ1) is 11.1. The molecule has 2 N–H and O–H groups in total. The monoisotopic (exact) mass is 315 g/mol. The van der Waals surface area contributed by atoms with E-state index in [1.54, 1.807) is 23.1 Å². The van der Waals surface area contributed by atoms with Crippen molar-refractivity contribution in [1.82, 2.24) is 4.90 Å². The van der Waals surface area contributed by atoms with Crippen molar-refractivity contribution in [3.63, 3.8) is 0 Å². The van der Waals surface area contributed by atoms with E-state index in [1.165, 1.54) is 30.3 Å². The lowest BCUT2D eigenvalue weighted by atomic mass is 10.1. The van der Waals surface area contributed by atoms with Crippen molar-refractivity contribution in [3.8, 4) is 5.75 Å². The Labute approximate surface area is 133 Å². The molecule has 0 saturated heterocycles. The summed E-state index contributed by atoms with van der Waals surface area (Å²) in [5, 5.41) is 20.2. The van der Waals surface area contributed by atoms with Crippen LogP contribution in [-0.4, -0.2) is 33.6 Å². The van der Waals surface area contributed by atoms with Gasteiger partial charge in [-0.1, -0.05) is 24.3 Å². The number of rotatable bonds is 5. The van der Waals surface area contributed by atoms with Crippen LogP contribution < -0.4 is 0 Å². The zero-order valence-corrected chi connectivity index (χ0v) is 12.5. The lowest BCUT2D eigenvalue weighted by Gasteiger charge is -2.26. The number of hydrogen-bond donors (Lipinski definition) is 2. The number of aromatic hydroxyl groups is 1. The third kappa shape index (κ3) is 3.51. The number of phenolic OH excluding ortho intramolecular Hbond substituents is 1. The van der Waals surface area contributed by atoms with E-state index >= 15 is 0 Å². The lowest BCUT2D eigenvalue weighted by molar-refractivity contribution is 0.0600. The maximum atomic E-state index is 13.0. The summed E-state index contributed by atoms with van der Waals surface area (Å²) in [6, 6.07) is 12.0. The largest absolute Gasteiger partial charge is 0.507 e. The van der Waals surface area contributed by atoms with Crippen LogP contribution in [0, 0.1) is 5.82 Å². The first-order valence-corrected chi connectivity index (χ1v) is 7.59. The Hall–Kier alpha value is -2.40. The van der Waals surface area contributed by atoms with Gasteiger partial charge in [0.1, 0.15) is 11.6 Å². The fourth-order valence-electron chi connectivity index (χ4n) is 2.57. The normalized spacial score (nSPS) is 15.2. The first-order valence-electron chi connectivity index (χ1n) is 7.59. The van der Waals surface area contributed by atoms with Gasteiger partial charge in [-0.3, -0.25) is 4.79 Å². The molecular formula is C18H18FNO3. The molecule has 1 saturated carbocycles. The SMILES string of the molecule is O=C(c1ccccc1O)N(CC(O)c1ccc(F)cc1)C1CC1. The molecule has 0 radical (unpaired) electrons. The molecule has 5 heteroatoms. The van der Waals surface area contributed by atoms with E-state index in [4.69, 9.17) is 0 Å². The van der Waals surface area contributed by atoms with Crippen molar-refractivity contribution >= 4 is 5.91 Å². The van der Waals surface area contributed by atoms with Crippen LogP contribution in [0.1, 0.15) is 34.9 Å². The molecule has 2 aromatic rings. The van der Waals surface area contributed by atoms with Gasteiger partial charge in [0.15, 0.2) is 0 Å². The number of phenols is 1. The Morgan fingerprint density at radius 2 is 1.83 bits per heavy atom. The fraction of sp³-hybridized carbons (Fsp3) is 0.278. The summed E-state index contributed by atoms with van der Waals surface area (Å²) in [5.74, 6) is -0.739. The number of aliphatic hydroxyl groups excluding tert-OH is 1. The maximum absolute atomic E-state index is 13.0. The van der Waals surface area contributed by atoms with Crippen LogP contribution in [0.4, 0.5) is 4.39 Å². The van der Waals surface area contributed by atoms with Crippen LogP contribution in [0.2, 0.25) is 0 Å². The summed E-state index contributed by atoms with van der Waals surface area (Å²) in [6.07, 6.45) is 0.872. The summed E-state index contributed by atoms with van der Waals surface area (Å²) in [6.45, 7) is 0.115. The number of benzene rings is 2. The average molecular weight is 315 g/mol. The lowest BCUT2D eigenvalue weighted by Crippen LogP contribution is -2.36. The van der Waals surface area contributed by atoms with Crippen LogP contribution in [-0.2, 0) is 0 Å². The van der Waals surface area contributed by atoms with Crippen molar-refractivity contribution in [2.24, 2.45) is 0 Å². The highest BCUT2D eigenvalue weighted by Gasteiger charge is 2.35. The summed E-state index contributed by atoms with van der Waals surface area (Å²) in [4.78, 5) is 14.2. The maximum Gasteiger partial charge on any atom is 0.257 e. The fourth-order valence-corrected chi connectivity index (χ4v) is 2.57. The molecule has 120 valence electrons. The predicted octanol–water partition coefficient (Wildman–Crippen LogP) is 2.87. The Bertz CT molecular complexity index is 698. The number of carbonyl (C=O) groups is 1. The molecule has 0 spiro atoms. The van der Waals surface area contributed by atoms with Crippen molar-refractivity contribution in [2.75, 3.05) is 6.54 Å². The number of amides is 1. The van der Waals surface area contributed by atoms with Crippen molar-refractivity contribution in [3.05, 3.63) is 65.5 Å². The molecule has 0 aromatic heterocycles. The minimum absolute atomic E-state index is 0.0700. The minimum atomic E-state index is -0.897. The first kappa shape index (κ1) is 15.5. The molecular weight excluding hydrogens is 297 g/mol. The van der Waals surface area contributed by atoms with Gasteiger partial charge >= 0.3 is 0 Å². The number of carbonyl (C=O) groups excluding carboxylic acids is 1. The molecule has 0 heterocycles. The second-order valence-corrected chi connectivity index (χ2v) is 5.77. The van der Waals surface area contributed by atoms with E-state index in [-0.39, 0.29) is 35.6 Å². The van der Waals surface area contributed by atoms with Gasteiger partial charge in [-0.05, 0) is 42.7 Å². The van der Waals surface area contributed by atoms with Crippen LogP contribution in [0.3, 0.4) is 0 Å². The highest BCUT2D eigenvalue weighted by Crippen LogP contribution is 2.31. The zero-order chi connectivity index (χ0) is 16.4. The minimum Gasteiger partial charge on any atom is -0.507 e. The Morgan fingerprint density at radius 3 is 2.43 bits per heavy atom. The molecule has 1 atom stereocenters. The zero-order valence-electron chi connectivity index (χ0n) is 12.5. The van der Waals surface area contributed by atoms with Gasteiger partial charge in [0.05, 0.1) is 18.2 Å². The Kier molecular flexibility index (Phi) is 4.30. The van der Waals surface area contributed by atoms with Crippen molar-refractivity contribution in [1.29, 1.82) is 0 Å². The van der Waals surface area contributed by atoms with Gasteiger partial charge in [0.25, 0.3) is 5.91 Å². The highest BCUT2D eigenvalue weighted by atomic mass is 19.1. The van der Waals surface area contributed by atoms with Crippen LogP contribution in [0.15, 0.2) is 48.5 Å². The number of nitrogens with zero attached hydrogens (tertiary/aromatic N) is 1. The van der Waals surface area contributed by atoms with Crippen LogP contribution in [0.5, 0.6) is 5.75 Å². The summed E-state index contributed by atoms with van der Waals surface area (Å²) >= 11 is 0. The molecule has 4 nitrogen and oxygen atoms in total. The Balaban J connectivity index is 1.78. The van der Waals surface area contributed by atoms with Gasteiger partial charge in [-0.15, -0.1) is 0 Å². The molecule has 1 aliphatic rings. The highest BCUT2D eigenvalue weighted by molar-refractivity contribution is 5.97. The molecule has 2 aromatic carbocycles. The molecule has 1 fully saturated rings. The second kappa shape index (κ2) is 6.38. The van der Waals surface area contributed by atoms with Crippen LogP contribution >= 0.6 is 0 Å².